The minimum atomic E-state index is 0.345. The molecule has 2 nitrogen and oxygen atoms in total. The van der Waals surface area contributed by atoms with Gasteiger partial charge in [-0.15, -0.1) is 0 Å². The van der Waals surface area contributed by atoms with Gasteiger partial charge in [-0.2, -0.15) is 0 Å². The van der Waals surface area contributed by atoms with E-state index >= 15 is 0 Å². The van der Waals surface area contributed by atoms with Crippen molar-refractivity contribution >= 4 is 12.1 Å². The molecule has 1 unspecified atom stereocenters. The molecule has 0 spiro atoms. The number of aliphatic imine (C=N–C) groups is 2. The average Bonchev–Trinajstić information content (AvgIpc) is 2.06. The van der Waals surface area contributed by atoms with Gasteiger partial charge in [-0.3, -0.25) is 4.99 Å². The quantitative estimate of drug-likeness (QED) is 0.497. The first-order valence-corrected chi connectivity index (χ1v) is 3.81. The molecule has 0 saturated carbocycles. The Kier molecular flexibility index (Phi) is 1.46. The molecule has 0 saturated heterocycles. The van der Waals surface area contributed by atoms with E-state index in [0.29, 0.717) is 6.04 Å². The summed E-state index contributed by atoms with van der Waals surface area (Å²) in [5.41, 5.74) is 2.38. The molecule has 11 heavy (non-hydrogen) atoms. The fourth-order valence-electron chi connectivity index (χ4n) is 1.40. The maximum Gasteiger partial charge on any atom is 0.110 e. The molecular weight excluding hydrogens is 136 g/mol. The van der Waals surface area contributed by atoms with E-state index in [-0.39, 0.29) is 0 Å². The van der Waals surface area contributed by atoms with Crippen molar-refractivity contribution in [3.05, 3.63) is 23.8 Å². The lowest BCUT2D eigenvalue weighted by Gasteiger charge is -2.19. The molecule has 1 aliphatic carbocycles. The molecule has 1 atom stereocenters. The molecule has 1 heterocycles. The van der Waals surface area contributed by atoms with Gasteiger partial charge in [0.1, 0.15) is 6.34 Å². The van der Waals surface area contributed by atoms with Gasteiger partial charge in [-0.05, 0) is 18.9 Å². The first-order chi connectivity index (χ1) is 5.38. The summed E-state index contributed by atoms with van der Waals surface area (Å²) < 4.78 is 0. The third-order valence-electron chi connectivity index (χ3n) is 2.05. The van der Waals surface area contributed by atoms with Crippen LogP contribution in [0.5, 0.6) is 0 Å². The molecule has 2 aliphatic rings. The maximum absolute atomic E-state index is 4.27. The van der Waals surface area contributed by atoms with Crippen molar-refractivity contribution in [3.8, 4) is 0 Å². The van der Waals surface area contributed by atoms with Gasteiger partial charge in [0.05, 0.1) is 6.04 Å². The van der Waals surface area contributed by atoms with Crippen molar-refractivity contribution in [2.24, 2.45) is 9.98 Å². The summed E-state index contributed by atoms with van der Waals surface area (Å²) in [4.78, 5) is 8.41. The second kappa shape index (κ2) is 2.46. The molecular formula is C9H10N2. The van der Waals surface area contributed by atoms with Gasteiger partial charge in [0.2, 0.25) is 0 Å². The van der Waals surface area contributed by atoms with Gasteiger partial charge in [-0.25, -0.2) is 4.99 Å². The summed E-state index contributed by atoms with van der Waals surface area (Å²) in [5, 5.41) is 0. The number of hydrogen-bond acceptors (Lipinski definition) is 2. The van der Waals surface area contributed by atoms with E-state index in [1.54, 1.807) is 6.34 Å². The smallest absolute Gasteiger partial charge is 0.110 e. The highest BCUT2D eigenvalue weighted by Gasteiger charge is 2.17. The van der Waals surface area contributed by atoms with Crippen LogP contribution in [0.25, 0.3) is 0 Å². The average molecular weight is 146 g/mol. The van der Waals surface area contributed by atoms with Crippen molar-refractivity contribution in [1.29, 1.82) is 0 Å². The Balaban J connectivity index is 2.40. The number of hydrogen-bond donors (Lipinski definition) is 0. The molecule has 0 radical (unpaired) electrons. The molecule has 2 heteroatoms. The second-order valence-corrected chi connectivity index (χ2v) is 2.78. The van der Waals surface area contributed by atoms with Crippen molar-refractivity contribution in [1.82, 2.24) is 0 Å². The van der Waals surface area contributed by atoms with Gasteiger partial charge in [0.25, 0.3) is 0 Å². The van der Waals surface area contributed by atoms with Crippen LogP contribution < -0.4 is 0 Å². The van der Waals surface area contributed by atoms with E-state index in [4.69, 9.17) is 0 Å². The van der Waals surface area contributed by atoms with E-state index < -0.39 is 0 Å². The lowest BCUT2D eigenvalue weighted by molar-refractivity contribution is 0.799. The van der Waals surface area contributed by atoms with Crippen molar-refractivity contribution in [2.75, 3.05) is 0 Å². The van der Waals surface area contributed by atoms with Crippen LogP contribution in [0.1, 0.15) is 13.3 Å². The molecule has 0 aromatic rings. The van der Waals surface area contributed by atoms with E-state index in [1.165, 1.54) is 5.57 Å². The number of fused-ring (bicyclic) bond motifs is 1. The van der Waals surface area contributed by atoms with Crippen LogP contribution >= 0.6 is 0 Å². The van der Waals surface area contributed by atoms with Gasteiger partial charge < -0.3 is 0 Å². The molecule has 0 aromatic carbocycles. The van der Waals surface area contributed by atoms with Crippen LogP contribution in [0.15, 0.2) is 33.8 Å². The first-order valence-electron chi connectivity index (χ1n) is 3.81. The summed E-state index contributed by atoms with van der Waals surface area (Å²) in [6, 6.07) is 0.345. The number of rotatable bonds is 0. The second-order valence-electron chi connectivity index (χ2n) is 2.78. The van der Waals surface area contributed by atoms with E-state index in [2.05, 4.69) is 28.2 Å². The zero-order chi connectivity index (χ0) is 7.68. The highest BCUT2D eigenvalue weighted by Crippen LogP contribution is 2.19. The van der Waals surface area contributed by atoms with E-state index in [1.807, 2.05) is 6.92 Å². The Bertz CT molecular complexity index is 282. The SMILES string of the molecule is CC1=NC=NC2CC=CC=C12. The molecule has 1 aliphatic heterocycles. The molecule has 0 fully saturated rings. The topological polar surface area (TPSA) is 24.7 Å². The fraction of sp³-hybridized carbons (Fsp3) is 0.333. The van der Waals surface area contributed by atoms with Crippen LogP contribution in [0.4, 0.5) is 0 Å². The number of nitrogens with zero attached hydrogens (tertiary/aromatic N) is 2. The van der Waals surface area contributed by atoms with E-state index in [0.717, 1.165) is 12.1 Å². The molecule has 0 amide bonds. The van der Waals surface area contributed by atoms with Gasteiger partial charge in [0, 0.05) is 5.71 Å². The van der Waals surface area contributed by atoms with Crippen molar-refractivity contribution in [3.63, 3.8) is 0 Å². The van der Waals surface area contributed by atoms with E-state index in [9.17, 15) is 0 Å². The molecule has 0 bridgehead atoms. The lowest BCUT2D eigenvalue weighted by atomic mass is 9.95. The predicted molar refractivity (Wildman–Crippen MR) is 47.2 cm³/mol. The van der Waals surface area contributed by atoms with Crippen LogP contribution in [0.3, 0.4) is 0 Å². The normalized spacial score (nSPS) is 27.5. The summed E-state index contributed by atoms with van der Waals surface area (Å²) in [6.45, 7) is 2.03. The minimum Gasteiger partial charge on any atom is -0.265 e. The van der Waals surface area contributed by atoms with Crippen LogP contribution in [0, 0.1) is 0 Å². The predicted octanol–water partition coefficient (Wildman–Crippen LogP) is 1.74. The highest BCUT2D eigenvalue weighted by atomic mass is 14.9. The lowest BCUT2D eigenvalue weighted by Crippen LogP contribution is -2.19. The van der Waals surface area contributed by atoms with Crippen molar-refractivity contribution < 1.29 is 0 Å². The standard InChI is InChI=1S/C9H10N2/c1-7-8-4-2-3-5-9(8)11-6-10-7/h2-4,6,9H,5H2,1H3. The Labute approximate surface area is 66.1 Å². The molecule has 0 aromatic heterocycles. The molecule has 2 rings (SSSR count). The zero-order valence-corrected chi connectivity index (χ0v) is 6.49. The summed E-state index contributed by atoms with van der Waals surface area (Å²) in [7, 11) is 0. The van der Waals surface area contributed by atoms with Crippen LogP contribution in [-0.4, -0.2) is 18.1 Å². The number of allylic oxidation sites excluding steroid dienone is 2. The zero-order valence-electron chi connectivity index (χ0n) is 6.49. The summed E-state index contributed by atoms with van der Waals surface area (Å²) in [5.74, 6) is 0. The van der Waals surface area contributed by atoms with Crippen LogP contribution in [-0.2, 0) is 0 Å². The first kappa shape index (κ1) is 6.53. The third kappa shape index (κ3) is 1.04. The summed E-state index contributed by atoms with van der Waals surface area (Å²) in [6.07, 6.45) is 9.00. The monoisotopic (exact) mass is 146 g/mol. The Morgan fingerprint density at radius 2 is 2.45 bits per heavy atom. The molecule has 56 valence electrons. The van der Waals surface area contributed by atoms with Gasteiger partial charge >= 0.3 is 0 Å². The summed E-state index contributed by atoms with van der Waals surface area (Å²) >= 11 is 0. The fourth-order valence-corrected chi connectivity index (χ4v) is 1.40. The highest BCUT2D eigenvalue weighted by molar-refractivity contribution is 6.05. The largest absolute Gasteiger partial charge is 0.265 e. The maximum atomic E-state index is 4.27. The Morgan fingerprint density at radius 3 is 3.27 bits per heavy atom. The Hall–Kier alpha value is -1.18. The van der Waals surface area contributed by atoms with Crippen LogP contribution in [0.2, 0.25) is 0 Å². The van der Waals surface area contributed by atoms with Gasteiger partial charge in [0.15, 0.2) is 0 Å². The molecule has 0 N–H and O–H groups in total. The third-order valence-corrected chi connectivity index (χ3v) is 2.05. The van der Waals surface area contributed by atoms with Gasteiger partial charge in [-0.1, -0.05) is 18.2 Å². The Morgan fingerprint density at radius 1 is 1.55 bits per heavy atom. The minimum absolute atomic E-state index is 0.345. The van der Waals surface area contributed by atoms with Crippen molar-refractivity contribution in [2.45, 2.75) is 19.4 Å².